The predicted octanol–water partition coefficient (Wildman–Crippen LogP) is 3.31. The van der Waals surface area contributed by atoms with Gasteiger partial charge in [-0.1, -0.05) is 37.5 Å². The Morgan fingerprint density at radius 3 is 2.23 bits per heavy atom. The molecule has 0 heterocycles. The second-order valence-electron chi connectivity index (χ2n) is 6.84. The number of benzene rings is 1. The highest BCUT2D eigenvalue weighted by Crippen LogP contribution is 2.19. The smallest absolute Gasteiger partial charge is 0.282 e. The van der Waals surface area contributed by atoms with Crippen LogP contribution in [0.3, 0.4) is 0 Å². The molecule has 0 saturated heterocycles. The number of carbonyl (C=O) groups excluding carboxylic acids is 1. The van der Waals surface area contributed by atoms with Crippen LogP contribution in [0.5, 0.6) is 0 Å². The van der Waals surface area contributed by atoms with Crippen LogP contribution in [0.1, 0.15) is 63.0 Å². The Bertz CT molecular complexity index is 470. The van der Waals surface area contributed by atoms with E-state index in [-0.39, 0.29) is 11.9 Å². The van der Waals surface area contributed by atoms with Crippen molar-refractivity contribution in [3.8, 4) is 0 Å². The van der Waals surface area contributed by atoms with Gasteiger partial charge >= 0.3 is 0 Å². The summed E-state index contributed by atoms with van der Waals surface area (Å²) in [5.74, 6) is 0.124. The number of rotatable bonds is 4. The fourth-order valence-electron chi connectivity index (χ4n) is 3.42. The first-order valence-corrected chi connectivity index (χ1v) is 8.80. The number of carbonyl (C=O) groups is 1. The number of hydrogen-bond acceptors (Lipinski definition) is 1. The van der Waals surface area contributed by atoms with Gasteiger partial charge in [-0.3, -0.25) is 4.79 Å². The van der Waals surface area contributed by atoms with Crippen LogP contribution in [-0.2, 0) is 4.79 Å². The van der Waals surface area contributed by atoms with Gasteiger partial charge < -0.3 is 10.6 Å². The third-order valence-electron chi connectivity index (χ3n) is 4.85. The van der Waals surface area contributed by atoms with Crippen molar-refractivity contribution in [2.75, 3.05) is 5.32 Å². The maximum absolute atomic E-state index is 12.5. The average Bonchev–Trinajstić information content (AvgIpc) is 2.45. The summed E-state index contributed by atoms with van der Waals surface area (Å²) in [6, 6.07) is 6.71. The number of aryl methyl sites for hydroxylation is 2. The van der Waals surface area contributed by atoms with Gasteiger partial charge in [0.05, 0.1) is 6.04 Å². The summed E-state index contributed by atoms with van der Waals surface area (Å²) >= 11 is 0. The van der Waals surface area contributed by atoms with Crippen molar-refractivity contribution in [2.24, 2.45) is 0 Å². The molecule has 3 heteroatoms. The first-order chi connectivity index (χ1) is 10.6. The third-order valence-corrected chi connectivity index (χ3v) is 4.85. The molecule has 0 bridgehead atoms. The van der Waals surface area contributed by atoms with E-state index in [0.717, 1.165) is 16.8 Å². The molecule has 0 radical (unpaired) electrons. The molecule has 1 fully saturated rings. The lowest BCUT2D eigenvalue weighted by Gasteiger charge is -2.22. The molecule has 0 unspecified atom stereocenters. The number of nitrogens with two attached hydrogens (primary N) is 1. The number of hydrogen-bond donors (Lipinski definition) is 2. The maximum Gasteiger partial charge on any atom is 0.282 e. The predicted molar refractivity (Wildman–Crippen MR) is 92.0 cm³/mol. The fourth-order valence-corrected chi connectivity index (χ4v) is 3.42. The Morgan fingerprint density at radius 2 is 1.64 bits per heavy atom. The van der Waals surface area contributed by atoms with Crippen molar-refractivity contribution in [3.63, 3.8) is 0 Å². The molecule has 0 aromatic heterocycles. The minimum Gasteiger partial charge on any atom is -0.334 e. The highest BCUT2D eigenvalue weighted by Gasteiger charge is 2.23. The topological polar surface area (TPSA) is 45.7 Å². The lowest BCUT2D eigenvalue weighted by atomic mass is 9.96. The zero-order chi connectivity index (χ0) is 15.9. The summed E-state index contributed by atoms with van der Waals surface area (Å²) in [7, 11) is 0. The maximum atomic E-state index is 12.5. The molecule has 0 spiro atoms. The van der Waals surface area contributed by atoms with Gasteiger partial charge in [-0.25, -0.2) is 0 Å². The summed E-state index contributed by atoms with van der Waals surface area (Å²) in [4.78, 5) is 12.5. The standard InChI is InChI=1S/C19H30N2O/c1-14-10-9-11-15(2)18(14)21-19(22)16(3)20-17-12-7-5-4-6-8-13-17/h9-11,16-17,20H,4-8,12-13H2,1-3H3,(H,21,22)/p+1/t16-/m1/s1. The van der Waals surface area contributed by atoms with Gasteiger partial charge in [0.25, 0.3) is 5.91 Å². The van der Waals surface area contributed by atoms with E-state index in [1.54, 1.807) is 0 Å². The first-order valence-electron chi connectivity index (χ1n) is 8.80. The van der Waals surface area contributed by atoms with E-state index >= 15 is 0 Å². The molecule has 1 aromatic rings. The van der Waals surface area contributed by atoms with Crippen molar-refractivity contribution < 1.29 is 10.1 Å². The summed E-state index contributed by atoms with van der Waals surface area (Å²) in [6.45, 7) is 6.12. The van der Waals surface area contributed by atoms with E-state index in [9.17, 15) is 4.79 Å². The number of nitrogens with one attached hydrogen (secondary N) is 1. The molecule has 122 valence electrons. The summed E-state index contributed by atoms with van der Waals surface area (Å²) in [6.07, 6.45) is 9.22. The molecule has 1 atom stereocenters. The van der Waals surface area contributed by atoms with E-state index in [4.69, 9.17) is 0 Å². The normalized spacial score (nSPS) is 18.3. The minimum atomic E-state index is -0.0246. The highest BCUT2D eigenvalue weighted by molar-refractivity contribution is 5.94. The summed E-state index contributed by atoms with van der Waals surface area (Å²) < 4.78 is 0. The largest absolute Gasteiger partial charge is 0.334 e. The Labute approximate surface area is 134 Å². The molecule has 3 nitrogen and oxygen atoms in total. The van der Waals surface area contributed by atoms with Crippen LogP contribution in [0.4, 0.5) is 5.69 Å². The fraction of sp³-hybridized carbons (Fsp3) is 0.632. The van der Waals surface area contributed by atoms with Crippen molar-refractivity contribution in [1.82, 2.24) is 0 Å². The van der Waals surface area contributed by atoms with E-state index in [0.29, 0.717) is 6.04 Å². The van der Waals surface area contributed by atoms with Crippen LogP contribution in [0.15, 0.2) is 18.2 Å². The summed E-state index contributed by atoms with van der Waals surface area (Å²) in [5.41, 5.74) is 3.24. The molecule has 1 saturated carbocycles. The van der Waals surface area contributed by atoms with Gasteiger partial charge in [0, 0.05) is 5.69 Å². The SMILES string of the molecule is Cc1cccc(C)c1NC(=O)[C@@H](C)[NH2+]C1CCCCCCC1. The van der Waals surface area contributed by atoms with E-state index in [2.05, 4.69) is 10.6 Å². The number of anilines is 1. The molecule has 1 aromatic carbocycles. The zero-order valence-corrected chi connectivity index (χ0v) is 14.3. The molecule has 2 rings (SSSR count). The van der Waals surface area contributed by atoms with Gasteiger partial charge in [-0.2, -0.15) is 0 Å². The minimum absolute atomic E-state index is 0.0246. The van der Waals surface area contributed by atoms with Crippen molar-refractivity contribution >= 4 is 11.6 Å². The molecular weight excluding hydrogens is 272 g/mol. The molecule has 1 amide bonds. The quantitative estimate of drug-likeness (QED) is 0.880. The number of quaternary nitrogens is 1. The molecule has 1 aliphatic carbocycles. The molecular formula is C19H31N2O+. The number of amides is 1. The van der Waals surface area contributed by atoms with Gasteiger partial charge in [0.15, 0.2) is 6.04 Å². The van der Waals surface area contributed by atoms with Crippen molar-refractivity contribution in [3.05, 3.63) is 29.3 Å². The van der Waals surface area contributed by atoms with Gasteiger partial charge in [0.1, 0.15) is 0 Å². The van der Waals surface area contributed by atoms with Crippen LogP contribution in [0, 0.1) is 13.8 Å². The first kappa shape index (κ1) is 17.0. The Hall–Kier alpha value is -1.35. The van der Waals surface area contributed by atoms with Crippen molar-refractivity contribution in [2.45, 2.75) is 77.8 Å². The second-order valence-corrected chi connectivity index (χ2v) is 6.84. The summed E-state index contributed by atoms with van der Waals surface area (Å²) in [5, 5.41) is 5.41. The van der Waals surface area contributed by atoms with E-state index < -0.39 is 0 Å². The Morgan fingerprint density at radius 1 is 1.09 bits per heavy atom. The Balaban J connectivity index is 1.91. The monoisotopic (exact) mass is 303 g/mol. The van der Waals surface area contributed by atoms with Crippen LogP contribution in [0.2, 0.25) is 0 Å². The molecule has 22 heavy (non-hydrogen) atoms. The van der Waals surface area contributed by atoms with Crippen LogP contribution in [-0.4, -0.2) is 18.0 Å². The average molecular weight is 303 g/mol. The van der Waals surface area contributed by atoms with Gasteiger partial charge in [-0.05, 0) is 57.6 Å². The molecule has 0 aliphatic heterocycles. The van der Waals surface area contributed by atoms with Crippen LogP contribution >= 0.6 is 0 Å². The van der Waals surface area contributed by atoms with Crippen LogP contribution in [0.25, 0.3) is 0 Å². The van der Waals surface area contributed by atoms with Gasteiger partial charge in [-0.15, -0.1) is 0 Å². The van der Waals surface area contributed by atoms with Crippen molar-refractivity contribution in [1.29, 1.82) is 0 Å². The molecule has 3 N–H and O–H groups in total. The third kappa shape index (κ3) is 4.84. The highest BCUT2D eigenvalue weighted by atomic mass is 16.2. The van der Waals surface area contributed by atoms with E-state index in [1.807, 2.05) is 39.0 Å². The Kier molecular flexibility index (Phi) is 6.44. The number of para-hydroxylation sites is 1. The molecule has 1 aliphatic rings. The second kappa shape index (κ2) is 8.33. The van der Waals surface area contributed by atoms with Crippen LogP contribution < -0.4 is 10.6 Å². The van der Waals surface area contributed by atoms with Gasteiger partial charge in [0.2, 0.25) is 0 Å². The lowest BCUT2D eigenvalue weighted by Crippen LogP contribution is -2.96. The van der Waals surface area contributed by atoms with E-state index in [1.165, 1.54) is 44.9 Å². The lowest BCUT2D eigenvalue weighted by molar-refractivity contribution is -0.707. The zero-order valence-electron chi connectivity index (χ0n) is 14.3.